The van der Waals surface area contributed by atoms with Crippen molar-refractivity contribution in [2.24, 2.45) is 7.05 Å². The molecule has 2 atom stereocenters. The molecule has 1 aromatic carbocycles. The third-order valence-corrected chi connectivity index (χ3v) is 4.51. The van der Waals surface area contributed by atoms with Crippen molar-refractivity contribution in [3.05, 3.63) is 70.5 Å². The average molecular weight is 448 g/mol. The van der Waals surface area contributed by atoms with Gasteiger partial charge in [0.15, 0.2) is 0 Å². The molecule has 0 saturated heterocycles. The molecule has 1 heterocycles. The maximum Gasteiger partial charge on any atom is 0.416 e. The van der Waals surface area contributed by atoms with Crippen LogP contribution in [-0.4, -0.2) is 27.8 Å². The highest BCUT2D eigenvalue weighted by Gasteiger charge is 2.32. The van der Waals surface area contributed by atoms with Gasteiger partial charge in [-0.25, -0.2) is 8.78 Å². The van der Waals surface area contributed by atoms with Gasteiger partial charge in [0.2, 0.25) is 0 Å². The number of hydrogen-bond donors (Lipinski definition) is 1. The van der Waals surface area contributed by atoms with Crippen LogP contribution in [0.15, 0.2) is 48.7 Å². The van der Waals surface area contributed by atoms with E-state index in [1.165, 1.54) is 13.2 Å². The number of nitrogens with zero attached hydrogens (tertiary/aromatic N) is 2. The molecule has 30 heavy (non-hydrogen) atoms. The third-order valence-electron chi connectivity index (χ3n) is 4.21. The molecule has 0 saturated carbocycles. The average Bonchev–Trinajstić information content (AvgIpc) is 3.06. The standard InChI is InChI=1S/C19H15ClF5N3O2/c1-28-9-11(16(27-28)17(21)22)18(29)26-13-4-2-3-5-15(13)30-14-7-6-10(8-12(14)20)19(23,24)25/h2-9,13,15,17H,1H3,(H,26,29). The van der Waals surface area contributed by atoms with Gasteiger partial charge in [-0.05, 0) is 24.3 Å². The fraction of sp³-hybridized carbons (Fsp3) is 0.263. The molecule has 1 N–H and O–H groups in total. The summed E-state index contributed by atoms with van der Waals surface area (Å²) in [5.74, 6) is -0.820. The molecule has 1 aliphatic carbocycles. The summed E-state index contributed by atoms with van der Waals surface area (Å²) in [7, 11) is 1.41. The zero-order valence-electron chi connectivity index (χ0n) is 15.3. The minimum atomic E-state index is -4.56. The summed E-state index contributed by atoms with van der Waals surface area (Å²) in [5.41, 5.74) is -1.88. The Hall–Kier alpha value is -2.88. The lowest BCUT2D eigenvalue weighted by molar-refractivity contribution is -0.137. The molecule has 0 radical (unpaired) electrons. The van der Waals surface area contributed by atoms with E-state index in [-0.39, 0.29) is 16.3 Å². The van der Waals surface area contributed by atoms with Crippen LogP contribution >= 0.6 is 11.6 Å². The van der Waals surface area contributed by atoms with Gasteiger partial charge >= 0.3 is 6.18 Å². The number of ether oxygens (including phenoxy) is 1. The van der Waals surface area contributed by atoms with Crippen molar-refractivity contribution in [3.8, 4) is 5.75 Å². The van der Waals surface area contributed by atoms with Crippen LogP contribution in [0.25, 0.3) is 0 Å². The molecule has 160 valence electrons. The quantitative estimate of drug-likeness (QED) is 0.676. The largest absolute Gasteiger partial charge is 0.482 e. The number of carbonyl (C=O) groups is 1. The molecule has 3 rings (SSSR count). The molecule has 1 aliphatic rings. The number of alkyl halides is 5. The first-order valence-electron chi connectivity index (χ1n) is 8.57. The lowest BCUT2D eigenvalue weighted by Crippen LogP contribution is -2.44. The number of rotatable bonds is 5. The van der Waals surface area contributed by atoms with Gasteiger partial charge in [0.25, 0.3) is 12.3 Å². The van der Waals surface area contributed by atoms with Crippen molar-refractivity contribution in [3.63, 3.8) is 0 Å². The number of hydrogen-bond acceptors (Lipinski definition) is 3. The Morgan fingerprint density at radius 3 is 2.60 bits per heavy atom. The number of aromatic nitrogens is 2. The van der Waals surface area contributed by atoms with Gasteiger partial charge in [-0.3, -0.25) is 9.48 Å². The number of halogens is 6. The maximum absolute atomic E-state index is 13.1. The van der Waals surface area contributed by atoms with Crippen molar-refractivity contribution in [1.82, 2.24) is 15.1 Å². The number of benzene rings is 1. The highest BCUT2D eigenvalue weighted by molar-refractivity contribution is 6.32. The van der Waals surface area contributed by atoms with Gasteiger partial charge in [0.1, 0.15) is 17.5 Å². The second-order valence-electron chi connectivity index (χ2n) is 6.40. The van der Waals surface area contributed by atoms with E-state index >= 15 is 0 Å². The topological polar surface area (TPSA) is 56.2 Å². The zero-order chi connectivity index (χ0) is 22.1. The Morgan fingerprint density at radius 2 is 1.97 bits per heavy atom. The van der Waals surface area contributed by atoms with Gasteiger partial charge in [0, 0.05) is 13.2 Å². The summed E-state index contributed by atoms with van der Waals surface area (Å²) in [6.45, 7) is 0. The molecule has 0 bridgehead atoms. The Labute approximate surface area is 172 Å². The van der Waals surface area contributed by atoms with Crippen molar-refractivity contribution in [1.29, 1.82) is 0 Å². The summed E-state index contributed by atoms with van der Waals surface area (Å²) in [6, 6.07) is 1.84. The number of nitrogens with one attached hydrogen (secondary N) is 1. The molecule has 0 spiro atoms. The second kappa shape index (κ2) is 8.47. The van der Waals surface area contributed by atoms with Crippen molar-refractivity contribution in [2.75, 3.05) is 0 Å². The Morgan fingerprint density at radius 1 is 1.27 bits per heavy atom. The van der Waals surface area contributed by atoms with E-state index < -0.39 is 41.9 Å². The minimum Gasteiger partial charge on any atom is -0.482 e. The number of carbonyl (C=O) groups excluding carboxylic acids is 1. The van der Waals surface area contributed by atoms with Crippen molar-refractivity contribution < 1.29 is 31.5 Å². The van der Waals surface area contributed by atoms with E-state index in [9.17, 15) is 26.7 Å². The summed E-state index contributed by atoms with van der Waals surface area (Å²) in [6.07, 6.45) is -0.835. The zero-order valence-corrected chi connectivity index (χ0v) is 16.1. The third kappa shape index (κ3) is 4.81. The predicted molar refractivity (Wildman–Crippen MR) is 98.6 cm³/mol. The molecule has 0 fully saturated rings. The van der Waals surface area contributed by atoms with E-state index in [2.05, 4.69) is 10.4 Å². The lowest BCUT2D eigenvalue weighted by Gasteiger charge is -2.26. The number of allylic oxidation sites excluding steroid dienone is 2. The van der Waals surface area contributed by atoms with Crippen molar-refractivity contribution in [2.45, 2.75) is 24.7 Å². The first-order chi connectivity index (χ1) is 14.1. The first kappa shape index (κ1) is 21.8. The van der Waals surface area contributed by atoms with Crippen molar-refractivity contribution >= 4 is 17.5 Å². The Kier molecular flexibility index (Phi) is 6.16. The van der Waals surface area contributed by atoms with Crippen LogP contribution in [0.5, 0.6) is 5.75 Å². The molecule has 1 aromatic heterocycles. The van der Waals surface area contributed by atoms with E-state index in [4.69, 9.17) is 16.3 Å². The lowest BCUT2D eigenvalue weighted by atomic mass is 10.0. The maximum atomic E-state index is 13.1. The Balaban J connectivity index is 1.77. The van der Waals surface area contributed by atoms with Gasteiger partial charge in [0.05, 0.1) is 22.2 Å². The van der Waals surface area contributed by atoms with Gasteiger partial charge in [-0.15, -0.1) is 0 Å². The van der Waals surface area contributed by atoms with Crippen LogP contribution in [0.3, 0.4) is 0 Å². The van der Waals surface area contributed by atoms with E-state index in [1.54, 1.807) is 24.3 Å². The van der Waals surface area contributed by atoms with E-state index in [0.717, 1.165) is 22.9 Å². The van der Waals surface area contributed by atoms with Gasteiger partial charge in [-0.2, -0.15) is 18.3 Å². The molecule has 11 heteroatoms. The van der Waals surface area contributed by atoms with Crippen LogP contribution in [0.2, 0.25) is 5.02 Å². The monoisotopic (exact) mass is 447 g/mol. The molecule has 0 aliphatic heterocycles. The van der Waals surface area contributed by atoms with Crippen LogP contribution in [-0.2, 0) is 13.2 Å². The predicted octanol–water partition coefficient (Wildman–Crippen LogP) is 4.70. The molecule has 2 aromatic rings. The highest BCUT2D eigenvalue weighted by atomic mass is 35.5. The van der Waals surface area contributed by atoms with E-state index in [0.29, 0.717) is 0 Å². The molecule has 2 unspecified atom stereocenters. The van der Waals surface area contributed by atoms with Gasteiger partial charge < -0.3 is 10.1 Å². The van der Waals surface area contributed by atoms with Crippen LogP contribution in [0.4, 0.5) is 22.0 Å². The number of aryl methyl sites for hydroxylation is 1. The minimum absolute atomic E-state index is 0.0245. The summed E-state index contributed by atoms with van der Waals surface area (Å²) < 4.78 is 71.3. The fourth-order valence-corrected chi connectivity index (χ4v) is 3.04. The summed E-state index contributed by atoms with van der Waals surface area (Å²) >= 11 is 5.91. The summed E-state index contributed by atoms with van der Waals surface area (Å²) in [5, 5.41) is 5.88. The number of amides is 1. The summed E-state index contributed by atoms with van der Waals surface area (Å²) in [4.78, 5) is 12.5. The first-order valence-corrected chi connectivity index (χ1v) is 8.95. The van der Waals surface area contributed by atoms with Gasteiger partial charge in [-0.1, -0.05) is 29.8 Å². The Bertz CT molecular complexity index is 1000. The van der Waals surface area contributed by atoms with Crippen LogP contribution in [0, 0.1) is 0 Å². The normalized spacial score (nSPS) is 18.7. The van der Waals surface area contributed by atoms with E-state index in [1.807, 2.05) is 0 Å². The molecule has 5 nitrogen and oxygen atoms in total. The molecular formula is C19H15ClF5N3O2. The molecule has 1 amide bonds. The molecular weight excluding hydrogens is 433 g/mol. The smallest absolute Gasteiger partial charge is 0.416 e. The van der Waals surface area contributed by atoms with Crippen LogP contribution in [0.1, 0.15) is 28.0 Å². The SMILES string of the molecule is Cn1cc(C(=O)NC2C=CC=CC2Oc2ccc(C(F)(F)F)cc2Cl)c(C(F)F)n1. The second-order valence-corrected chi connectivity index (χ2v) is 6.80. The fourth-order valence-electron chi connectivity index (χ4n) is 2.82. The van der Waals surface area contributed by atoms with Crippen LogP contribution < -0.4 is 10.1 Å². The highest BCUT2D eigenvalue weighted by Crippen LogP contribution is 2.35.